The minimum Gasteiger partial charge on any atom is -0.457 e. The Balaban J connectivity index is 2.38. The maximum Gasteiger partial charge on any atom is 0.132 e. The highest BCUT2D eigenvalue weighted by Crippen LogP contribution is 2.31. The van der Waals surface area contributed by atoms with Crippen LogP contribution in [0.5, 0.6) is 11.5 Å². The third-order valence-electron chi connectivity index (χ3n) is 2.82. The van der Waals surface area contributed by atoms with Gasteiger partial charge in [-0.25, -0.2) is 8.78 Å². The molecule has 0 amide bonds. The zero-order valence-corrected chi connectivity index (χ0v) is 10.8. The zero-order chi connectivity index (χ0) is 14.0. The molecule has 100 valence electrons. The maximum absolute atomic E-state index is 13.6. The third kappa shape index (κ3) is 3.09. The molecule has 0 aliphatic heterocycles. The molecule has 0 bridgehead atoms. The van der Waals surface area contributed by atoms with Crippen molar-refractivity contribution in [2.45, 2.75) is 19.9 Å². The fourth-order valence-corrected chi connectivity index (χ4v) is 1.74. The van der Waals surface area contributed by atoms with E-state index in [-0.39, 0.29) is 17.7 Å². The smallest absolute Gasteiger partial charge is 0.132 e. The van der Waals surface area contributed by atoms with Gasteiger partial charge < -0.3 is 10.5 Å². The van der Waals surface area contributed by atoms with E-state index in [4.69, 9.17) is 10.5 Å². The average molecular weight is 263 g/mol. The Morgan fingerprint density at radius 2 is 1.74 bits per heavy atom. The van der Waals surface area contributed by atoms with Gasteiger partial charge in [-0.3, -0.25) is 0 Å². The molecular formula is C15H15F2NO. The molecule has 0 radical (unpaired) electrons. The summed E-state index contributed by atoms with van der Waals surface area (Å²) in [6.45, 7) is 3.40. The lowest BCUT2D eigenvalue weighted by Crippen LogP contribution is -2.08. The van der Waals surface area contributed by atoms with Gasteiger partial charge >= 0.3 is 0 Å². The van der Waals surface area contributed by atoms with Gasteiger partial charge in [-0.15, -0.1) is 0 Å². The Labute approximate surface area is 110 Å². The molecule has 1 atom stereocenters. The van der Waals surface area contributed by atoms with Gasteiger partial charge in [-0.05, 0) is 55.8 Å². The van der Waals surface area contributed by atoms with Crippen LogP contribution in [0, 0.1) is 18.6 Å². The van der Waals surface area contributed by atoms with E-state index < -0.39 is 0 Å². The summed E-state index contributed by atoms with van der Waals surface area (Å²) in [4.78, 5) is 0. The molecule has 4 heteroatoms. The predicted molar refractivity (Wildman–Crippen MR) is 70.2 cm³/mol. The molecule has 0 heterocycles. The summed E-state index contributed by atoms with van der Waals surface area (Å²) in [5.41, 5.74) is 6.85. The first-order valence-corrected chi connectivity index (χ1v) is 5.96. The first kappa shape index (κ1) is 13.5. The molecule has 0 saturated carbocycles. The van der Waals surface area contributed by atoms with Crippen LogP contribution in [0.25, 0.3) is 0 Å². The van der Waals surface area contributed by atoms with Gasteiger partial charge in [0.05, 0.1) is 0 Å². The van der Waals surface area contributed by atoms with Crippen molar-refractivity contribution < 1.29 is 13.5 Å². The number of hydrogen-bond acceptors (Lipinski definition) is 2. The molecule has 0 fully saturated rings. The Hall–Kier alpha value is -1.94. The minimum absolute atomic E-state index is 0.321. The van der Waals surface area contributed by atoms with E-state index in [9.17, 15) is 8.78 Å². The second-order valence-electron chi connectivity index (χ2n) is 4.48. The van der Waals surface area contributed by atoms with Crippen molar-refractivity contribution in [3.63, 3.8) is 0 Å². The zero-order valence-electron chi connectivity index (χ0n) is 10.8. The van der Waals surface area contributed by atoms with Crippen molar-refractivity contribution in [3.05, 3.63) is 59.2 Å². The van der Waals surface area contributed by atoms with Gasteiger partial charge in [0.2, 0.25) is 0 Å². The molecule has 19 heavy (non-hydrogen) atoms. The van der Waals surface area contributed by atoms with E-state index in [1.165, 1.54) is 30.3 Å². The lowest BCUT2D eigenvalue weighted by Gasteiger charge is -2.15. The molecule has 0 saturated heterocycles. The molecule has 2 nitrogen and oxygen atoms in total. The fourth-order valence-electron chi connectivity index (χ4n) is 1.74. The quantitative estimate of drug-likeness (QED) is 0.905. The van der Waals surface area contributed by atoms with Gasteiger partial charge in [0.25, 0.3) is 0 Å². The van der Waals surface area contributed by atoms with Crippen LogP contribution in [-0.4, -0.2) is 0 Å². The summed E-state index contributed by atoms with van der Waals surface area (Å²) in [6.07, 6.45) is 0. The van der Waals surface area contributed by atoms with Crippen LogP contribution in [-0.2, 0) is 0 Å². The largest absolute Gasteiger partial charge is 0.457 e. The fraction of sp³-hybridized carbons (Fsp3) is 0.200. The van der Waals surface area contributed by atoms with Crippen LogP contribution in [0.4, 0.5) is 8.78 Å². The monoisotopic (exact) mass is 263 g/mol. The van der Waals surface area contributed by atoms with E-state index in [2.05, 4.69) is 0 Å². The standard InChI is InChI=1S/C15H15F2NO/c1-9-7-15(13(10(2)18)8-14(9)17)19-12-5-3-11(16)4-6-12/h3-8,10H,18H2,1-2H3. The first-order valence-electron chi connectivity index (χ1n) is 5.96. The van der Waals surface area contributed by atoms with Crippen LogP contribution in [0.15, 0.2) is 36.4 Å². The van der Waals surface area contributed by atoms with Crippen molar-refractivity contribution in [1.29, 1.82) is 0 Å². The summed E-state index contributed by atoms with van der Waals surface area (Å²) in [5, 5.41) is 0. The van der Waals surface area contributed by atoms with Crippen LogP contribution in [0.1, 0.15) is 24.1 Å². The van der Waals surface area contributed by atoms with E-state index >= 15 is 0 Å². The van der Waals surface area contributed by atoms with Crippen molar-refractivity contribution in [1.82, 2.24) is 0 Å². The van der Waals surface area contributed by atoms with Crippen LogP contribution >= 0.6 is 0 Å². The third-order valence-corrected chi connectivity index (χ3v) is 2.82. The Bertz CT molecular complexity index is 579. The topological polar surface area (TPSA) is 35.2 Å². The Kier molecular flexibility index (Phi) is 3.81. The van der Waals surface area contributed by atoms with E-state index in [1.54, 1.807) is 19.9 Å². The van der Waals surface area contributed by atoms with Gasteiger partial charge in [0.1, 0.15) is 23.1 Å². The highest BCUT2D eigenvalue weighted by atomic mass is 19.1. The molecular weight excluding hydrogens is 248 g/mol. The summed E-state index contributed by atoms with van der Waals surface area (Å²) < 4.78 is 32.0. The summed E-state index contributed by atoms with van der Waals surface area (Å²) in [5.74, 6) is 0.309. The van der Waals surface area contributed by atoms with Gasteiger partial charge in [-0.1, -0.05) is 0 Å². The van der Waals surface area contributed by atoms with Crippen LogP contribution in [0.2, 0.25) is 0 Å². The molecule has 0 spiro atoms. The van der Waals surface area contributed by atoms with Gasteiger partial charge in [0.15, 0.2) is 0 Å². The number of rotatable bonds is 3. The molecule has 2 aromatic rings. The number of aryl methyl sites for hydroxylation is 1. The van der Waals surface area contributed by atoms with E-state index in [0.717, 1.165) is 0 Å². The number of benzene rings is 2. The molecule has 2 aromatic carbocycles. The normalized spacial score (nSPS) is 12.3. The highest BCUT2D eigenvalue weighted by molar-refractivity contribution is 5.42. The van der Waals surface area contributed by atoms with Crippen molar-refractivity contribution in [2.75, 3.05) is 0 Å². The lowest BCUT2D eigenvalue weighted by atomic mass is 10.1. The average Bonchev–Trinajstić information content (AvgIpc) is 2.36. The van der Waals surface area contributed by atoms with Gasteiger partial charge in [0, 0.05) is 11.6 Å². The van der Waals surface area contributed by atoms with E-state index in [0.29, 0.717) is 22.6 Å². The van der Waals surface area contributed by atoms with Crippen LogP contribution < -0.4 is 10.5 Å². The summed E-state index contributed by atoms with van der Waals surface area (Å²) in [6, 6.07) is 8.24. The SMILES string of the molecule is Cc1cc(Oc2ccc(F)cc2)c(C(C)N)cc1F. The lowest BCUT2D eigenvalue weighted by molar-refractivity contribution is 0.466. The Morgan fingerprint density at radius 3 is 2.32 bits per heavy atom. The highest BCUT2D eigenvalue weighted by Gasteiger charge is 2.13. The summed E-state index contributed by atoms with van der Waals surface area (Å²) in [7, 11) is 0. The molecule has 0 aromatic heterocycles. The molecule has 1 unspecified atom stereocenters. The first-order chi connectivity index (χ1) is 8.97. The van der Waals surface area contributed by atoms with Crippen molar-refractivity contribution in [2.24, 2.45) is 5.73 Å². The molecule has 0 aliphatic carbocycles. The second kappa shape index (κ2) is 5.36. The maximum atomic E-state index is 13.6. The molecule has 0 aliphatic rings. The van der Waals surface area contributed by atoms with Crippen molar-refractivity contribution >= 4 is 0 Å². The van der Waals surface area contributed by atoms with Crippen LogP contribution in [0.3, 0.4) is 0 Å². The number of nitrogens with two attached hydrogens (primary N) is 1. The van der Waals surface area contributed by atoms with E-state index in [1.807, 2.05) is 0 Å². The minimum atomic E-state index is -0.356. The van der Waals surface area contributed by atoms with Gasteiger partial charge in [-0.2, -0.15) is 0 Å². The number of halogens is 2. The summed E-state index contributed by atoms with van der Waals surface area (Å²) >= 11 is 0. The predicted octanol–water partition coefficient (Wildman–Crippen LogP) is 4.09. The van der Waals surface area contributed by atoms with Crippen molar-refractivity contribution in [3.8, 4) is 11.5 Å². The molecule has 2 N–H and O–H groups in total. The number of ether oxygens (including phenoxy) is 1. The second-order valence-corrected chi connectivity index (χ2v) is 4.48. The number of hydrogen-bond donors (Lipinski definition) is 1. The molecule has 2 rings (SSSR count). The Morgan fingerprint density at radius 1 is 1.11 bits per heavy atom.